The molecule has 22 heavy (non-hydrogen) atoms. The summed E-state index contributed by atoms with van der Waals surface area (Å²) in [4.78, 5) is 15.7. The molecule has 0 saturated heterocycles. The number of rotatable bonds is 2. The number of nitrogens with zero attached hydrogens (tertiary/aromatic N) is 1. The van der Waals surface area contributed by atoms with Gasteiger partial charge in [-0.2, -0.15) is 0 Å². The number of thioether (sulfide) groups is 1. The van der Waals surface area contributed by atoms with Crippen LogP contribution in [0.4, 0.5) is 10.1 Å². The van der Waals surface area contributed by atoms with E-state index in [9.17, 15) is 9.18 Å². The second-order valence-electron chi connectivity index (χ2n) is 4.97. The number of fused-ring (bicyclic) bond motifs is 1. The van der Waals surface area contributed by atoms with Crippen LogP contribution in [0.25, 0.3) is 0 Å². The summed E-state index contributed by atoms with van der Waals surface area (Å²) in [5.41, 5.74) is 1.13. The molecule has 1 aliphatic rings. The summed E-state index contributed by atoms with van der Waals surface area (Å²) in [6.07, 6.45) is 0.892. The number of amides is 1. The number of carbonyl (C=O) groups excluding carboxylic acids is 1. The van der Waals surface area contributed by atoms with Crippen LogP contribution in [0.15, 0.2) is 47.4 Å². The highest BCUT2D eigenvalue weighted by molar-refractivity contribution is 7.99. The molecule has 1 heterocycles. The van der Waals surface area contributed by atoms with Crippen LogP contribution in [0.3, 0.4) is 0 Å². The normalized spacial score (nSPS) is 14.2. The average molecular weight is 317 g/mol. The number of para-hydroxylation sites is 1. The molecule has 0 saturated carbocycles. The number of methoxy groups -OCH3 is 1. The lowest BCUT2D eigenvalue weighted by Crippen LogP contribution is -2.32. The third kappa shape index (κ3) is 2.81. The van der Waals surface area contributed by atoms with Gasteiger partial charge in [0.05, 0.1) is 18.4 Å². The molecule has 0 unspecified atom stereocenters. The predicted molar refractivity (Wildman–Crippen MR) is 86.4 cm³/mol. The van der Waals surface area contributed by atoms with Gasteiger partial charge >= 0.3 is 0 Å². The molecule has 0 aliphatic carbocycles. The maximum Gasteiger partial charge on any atom is 0.262 e. The first-order valence-corrected chi connectivity index (χ1v) is 8.06. The summed E-state index contributed by atoms with van der Waals surface area (Å²) in [5, 5.41) is 0. The first-order valence-electron chi connectivity index (χ1n) is 7.08. The minimum absolute atomic E-state index is 0.230. The molecule has 3 rings (SSSR count). The predicted octanol–water partition coefficient (Wildman–Crippen LogP) is 3.98. The van der Waals surface area contributed by atoms with Crippen molar-refractivity contribution < 1.29 is 13.9 Å². The molecule has 0 radical (unpaired) electrons. The van der Waals surface area contributed by atoms with Gasteiger partial charge in [0.25, 0.3) is 5.91 Å². The lowest BCUT2D eigenvalue weighted by Gasteiger charge is -2.23. The van der Waals surface area contributed by atoms with Crippen LogP contribution in [0.5, 0.6) is 5.75 Å². The summed E-state index contributed by atoms with van der Waals surface area (Å²) < 4.78 is 18.8. The van der Waals surface area contributed by atoms with Crippen LogP contribution in [0, 0.1) is 5.82 Å². The van der Waals surface area contributed by atoms with E-state index >= 15 is 0 Å². The number of carbonyl (C=O) groups is 1. The topological polar surface area (TPSA) is 29.5 Å². The Morgan fingerprint density at radius 3 is 2.91 bits per heavy atom. The SMILES string of the molecule is COc1ccc(F)cc1C(=O)N1CCCSc2ccccc21. The van der Waals surface area contributed by atoms with Crippen LogP contribution in [-0.2, 0) is 0 Å². The molecule has 0 atom stereocenters. The molecule has 0 spiro atoms. The van der Waals surface area contributed by atoms with Crippen molar-refractivity contribution in [2.75, 3.05) is 24.3 Å². The number of benzene rings is 2. The molecule has 0 aromatic heterocycles. The van der Waals surface area contributed by atoms with Gasteiger partial charge in [0, 0.05) is 11.4 Å². The highest BCUT2D eigenvalue weighted by Crippen LogP contribution is 2.35. The quantitative estimate of drug-likeness (QED) is 0.839. The fraction of sp³-hybridized carbons (Fsp3) is 0.235. The third-order valence-corrected chi connectivity index (χ3v) is 4.73. The van der Waals surface area contributed by atoms with E-state index in [1.54, 1.807) is 16.7 Å². The highest BCUT2D eigenvalue weighted by Gasteiger charge is 2.25. The maximum atomic E-state index is 13.6. The maximum absolute atomic E-state index is 13.6. The Bertz CT molecular complexity index is 705. The third-order valence-electron chi connectivity index (χ3n) is 3.58. The lowest BCUT2D eigenvalue weighted by atomic mass is 10.1. The molecule has 114 valence electrons. The van der Waals surface area contributed by atoms with Gasteiger partial charge in [-0.3, -0.25) is 4.79 Å². The Balaban J connectivity index is 2.04. The van der Waals surface area contributed by atoms with Crippen molar-refractivity contribution in [3.8, 4) is 5.75 Å². The number of hydrogen-bond donors (Lipinski definition) is 0. The monoisotopic (exact) mass is 317 g/mol. The van der Waals surface area contributed by atoms with Crippen LogP contribution < -0.4 is 9.64 Å². The zero-order chi connectivity index (χ0) is 15.5. The van der Waals surface area contributed by atoms with E-state index in [0.717, 1.165) is 22.8 Å². The van der Waals surface area contributed by atoms with E-state index < -0.39 is 5.82 Å². The zero-order valence-electron chi connectivity index (χ0n) is 12.2. The standard InChI is InChI=1S/C17H16FNO2S/c1-21-15-8-7-12(18)11-13(15)17(20)19-9-4-10-22-16-6-3-2-5-14(16)19/h2-3,5-8,11H,4,9-10H2,1H3. The van der Waals surface area contributed by atoms with Crippen molar-refractivity contribution >= 4 is 23.4 Å². The van der Waals surface area contributed by atoms with Crippen molar-refractivity contribution in [1.82, 2.24) is 0 Å². The second-order valence-corrected chi connectivity index (χ2v) is 6.11. The summed E-state index contributed by atoms with van der Waals surface area (Å²) in [7, 11) is 1.48. The van der Waals surface area contributed by atoms with Gasteiger partial charge in [-0.05, 0) is 42.5 Å². The van der Waals surface area contributed by atoms with E-state index in [0.29, 0.717) is 12.3 Å². The summed E-state index contributed by atoms with van der Waals surface area (Å²) in [5.74, 6) is 0.676. The van der Waals surface area contributed by atoms with Crippen molar-refractivity contribution in [1.29, 1.82) is 0 Å². The Kier molecular flexibility index (Phi) is 4.34. The van der Waals surface area contributed by atoms with Gasteiger partial charge in [-0.1, -0.05) is 12.1 Å². The van der Waals surface area contributed by atoms with Crippen LogP contribution in [-0.4, -0.2) is 25.3 Å². The number of halogens is 1. The minimum Gasteiger partial charge on any atom is -0.496 e. The Morgan fingerprint density at radius 2 is 2.09 bits per heavy atom. The van der Waals surface area contributed by atoms with E-state index in [1.807, 2.05) is 24.3 Å². The minimum atomic E-state index is -0.443. The van der Waals surface area contributed by atoms with Crippen molar-refractivity contribution in [2.45, 2.75) is 11.3 Å². The van der Waals surface area contributed by atoms with E-state index in [-0.39, 0.29) is 11.5 Å². The van der Waals surface area contributed by atoms with Gasteiger partial charge in [0.15, 0.2) is 0 Å². The smallest absolute Gasteiger partial charge is 0.262 e. The van der Waals surface area contributed by atoms with Gasteiger partial charge in [-0.25, -0.2) is 4.39 Å². The summed E-state index contributed by atoms with van der Waals surface area (Å²) in [6.45, 7) is 0.614. The molecule has 3 nitrogen and oxygen atoms in total. The van der Waals surface area contributed by atoms with Gasteiger partial charge in [-0.15, -0.1) is 11.8 Å². The lowest BCUT2D eigenvalue weighted by molar-refractivity contribution is 0.0983. The van der Waals surface area contributed by atoms with E-state index in [1.165, 1.54) is 25.3 Å². The fourth-order valence-electron chi connectivity index (χ4n) is 2.53. The first-order chi connectivity index (χ1) is 10.7. The molecule has 0 N–H and O–H groups in total. The molecule has 1 aliphatic heterocycles. The Morgan fingerprint density at radius 1 is 1.27 bits per heavy atom. The molecule has 0 fully saturated rings. The van der Waals surface area contributed by atoms with Crippen LogP contribution in [0.2, 0.25) is 0 Å². The molecule has 2 aromatic rings. The molecule has 1 amide bonds. The summed E-state index contributed by atoms with van der Waals surface area (Å²) >= 11 is 1.74. The van der Waals surface area contributed by atoms with E-state index in [4.69, 9.17) is 4.74 Å². The van der Waals surface area contributed by atoms with Crippen molar-refractivity contribution in [2.24, 2.45) is 0 Å². The van der Waals surface area contributed by atoms with Crippen molar-refractivity contribution in [3.05, 3.63) is 53.8 Å². The van der Waals surface area contributed by atoms with Crippen LogP contribution >= 0.6 is 11.8 Å². The van der Waals surface area contributed by atoms with Crippen LogP contribution in [0.1, 0.15) is 16.8 Å². The molecule has 0 bridgehead atoms. The van der Waals surface area contributed by atoms with Gasteiger partial charge < -0.3 is 9.64 Å². The molecule has 5 heteroatoms. The second kappa shape index (κ2) is 6.40. The fourth-order valence-corrected chi connectivity index (χ4v) is 3.53. The number of anilines is 1. The summed E-state index contributed by atoms with van der Waals surface area (Å²) in [6, 6.07) is 11.8. The largest absolute Gasteiger partial charge is 0.496 e. The highest BCUT2D eigenvalue weighted by atomic mass is 32.2. The first kappa shape index (κ1) is 14.9. The Hall–Kier alpha value is -2.01. The van der Waals surface area contributed by atoms with Gasteiger partial charge in [0.1, 0.15) is 11.6 Å². The molecular weight excluding hydrogens is 301 g/mol. The Labute approximate surface area is 133 Å². The molecule has 2 aromatic carbocycles. The number of ether oxygens (including phenoxy) is 1. The molecular formula is C17H16FNO2S. The number of hydrogen-bond acceptors (Lipinski definition) is 3. The van der Waals surface area contributed by atoms with E-state index in [2.05, 4.69) is 0 Å². The zero-order valence-corrected chi connectivity index (χ0v) is 13.0. The van der Waals surface area contributed by atoms with Crippen molar-refractivity contribution in [3.63, 3.8) is 0 Å². The average Bonchev–Trinajstić information content (AvgIpc) is 2.76. The van der Waals surface area contributed by atoms with Gasteiger partial charge in [0.2, 0.25) is 0 Å².